The van der Waals surface area contributed by atoms with Gasteiger partial charge in [-0.2, -0.15) is 0 Å². The number of Topliss-reactive ketones (excluding diaryl/α,β-unsaturated/α-hetero) is 1. The minimum Gasteiger partial charge on any atom is -0.404 e. The summed E-state index contributed by atoms with van der Waals surface area (Å²) in [7, 11) is -2.71. The SMILES string of the molecule is C/C(=C\CCC(C)CC(C/C(C)=C/C=O)O[Si](c1ccccc1)(c1ccccc1)C(C)(C)C)CCC(=O)C(C)C. The van der Waals surface area contributed by atoms with E-state index in [1.807, 2.05) is 20.8 Å². The van der Waals surface area contributed by atoms with E-state index in [4.69, 9.17) is 4.43 Å². The summed E-state index contributed by atoms with van der Waals surface area (Å²) in [5.74, 6) is 0.897. The Balaban J connectivity index is 2.33. The molecular weight excluding hydrogens is 508 g/mol. The van der Waals surface area contributed by atoms with Crippen LogP contribution < -0.4 is 10.4 Å². The number of benzene rings is 2. The van der Waals surface area contributed by atoms with Gasteiger partial charge in [-0.3, -0.25) is 9.59 Å². The summed E-state index contributed by atoms with van der Waals surface area (Å²) in [5, 5.41) is 2.45. The Morgan fingerprint density at radius 3 is 1.90 bits per heavy atom. The third-order valence-corrected chi connectivity index (χ3v) is 13.0. The molecular formula is C36H52O3Si. The van der Waals surface area contributed by atoms with Crippen LogP contribution in [0.15, 0.2) is 84.0 Å². The molecule has 3 nitrogen and oxygen atoms in total. The van der Waals surface area contributed by atoms with Crippen molar-refractivity contribution < 1.29 is 14.0 Å². The van der Waals surface area contributed by atoms with Gasteiger partial charge in [0, 0.05) is 18.4 Å². The minimum atomic E-state index is -2.71. The normalized spacial score (nSPS) is 14.7. The zero-order chi connectivity index (χ0) is 29.8. The molecule has 0 aliphatic rings. The van der Waals surface area contributed by atoms with Crippen molar-refractivity contribution in [1.29, 1.82) is 0 Å². The van der Waals surface area contributed by atoms with Gasteiger partial charge in [0.25, 0.3) is 8.32 Å². The maximum Gasteiger partial charge on any atom is 0.261 e. The summed E-state index contributed by atoms with van der Waals surface area (Å²) in [4.78, 5) is 23.3. The molecule has 4 heteroatoms. The summed E-state index contributed by atoms with van der Waals surface area (Å²) in [6, 6.07) is 21.5. The van der Waals surface area contributed by atoms with Gasteiger partial charge in [-0.05, 0) is 73.4 Å². The zero-order valence-electron chi connectivity index (χ0n) is 26.2. The highest BCUT2D eigenvalue weighted by Crippen LogP contribution is 2.39. The molecule has 0 radical (unpaired) electrons. The molecule has 0 amide bonds. The predicted molar refractivity (Wildman–Crippen MR) is 173 cm³/mol. The van der Waals surface area contributed by atoms with Crippen LogP contribution in [0.4, 0.5) is 0 Å². The summed E-state index contributed by atoms with van der Waals surface area (Å²) >= 11 is 0. The first-order chi connectivity index (χ1) is 18.9. The molecule has 2 aromatic carbocycles. The summed E-state index contributed by atoms with van der Waals surface area (Å²) in [5.41, 5.74) is 2.35. The van der Waals surface area contributed by atoms with Gasteiger partial charge in [0.2, 0.25) is 0 Å². The average Bonchev–Trinajstić information content (AvgIpc) is 2.90. The molecule has 0 N–H and O–H groups in total. The van der Waals surface area contributed by atoms with Gasteiger partial charge in [0.05, 0.1) is 0 Å². The molecule has 0 aromatic heterocycles. The number of allylic oxidation sites excluding steroid dienone is 3. The Morgan fingerprint density at radius 2 is 1.43 bits per heavy atom. The van der Waals surface area contributed by atoms with Crippen molar-refractivity contribution in [3.63, 3.8) is 0 Å². The number of aldehydes is 1. The molecule has 0 heterocycles. The fourth-order valence-corrected chi connectivity index (χ4v) is 10.2. The molecule has 0 aliphatic carbocycles. The molecule has 0 spiro atoms. The highest BCUT2D eigenvalue weighted by molar-refractivity contribution is 6.99. The van der Waals surface area contributed by atoms with Gasteiger partial charge in [-0.1, -0.05) is 119 Å². The Morgan fingerprint density at radius 1 is 0.875 bits per heavy atom. The smallest absolute Gasteiger partial charge is 0.261 e. The average molecular weight is 561 g/mol. The van der Waals surface area contributed by atoms with Crippen LogP contribution in [-0.2, 0) is 14.0 Å². The Hall–Kier alpha value is -2.56. The molecule has 2 aromatic rings. The highest BCUT2D eigenvalue weighted by Gasteiger charge is 2.51. The lowest BCUT2D eigenvalue weighted by Gasteiger charge is -2.45. The second-order valence-electron chi connectivity index (χ2n) is 12.8. The fraction of sp³-hybridized carbons (Fsp3) is 0.500. The molecule has 40 heavy (non-hydrogen) atoms. The molecule has 0 fully saturated rings. The van der Waals surface area contributed by atoms with Crippen molar-refractivity contribution in [2.75, 3.05) is 0 Å². The number of ketones is 1. The van der Waals surface area contributed by atoms with E-state index in [0.29, 0.717) is 18.1 Å². The number of carbonyl (C=O) groups excluding carboxylic acids is 2. The fourth-order valence-electron chi connectivity index (χ4n) is 5.55. The van der Waals surface area contributed by atoms with Crippen LogP contribution in [0, 0.1) is 11.8 Å². The van der Waals surface area contributed by atoms with E-state index in [0.717, 1.165) is 44.0 Å². The lowest BCUT2D eigenvalue weighted by Crippen LogP contribution is -2.67. The van der Waals surface area contributed by atoms with Crippen LogP contribution in [0.25, 0.3) is 0 Å². The molecule has 0 saturated carbocycles. The van der Waals surface area contributed by atoms with Crippen LogP contribution in [0.3, 0.4) is 0 Å². The number of rotatable bonds is 16. The monoisotopic (exact) mass is 560 g/mol. The quantitative estimate of drug-likeness (QED) is 0.0899. The van der Waals surface area contributed by atoms with Crippen LogP contribution in [0.2, 0.25) is 5.04 Å². The summed E-state index contributed by atoms with van der Waals surface area (Å²) in [6.45, 7) is 17.4. The molecule has 0 aliphatic heterocycles. The molecule has 0 bridgehead atoms. The van der Waals surface area contributed by atoms with Gasteiger partial charge < -0.3 is 4.43 Å². The Labute approximate surface area is 245 Å². The van der Waals surface area contributed by atoms with Crippen molar-refractivity contribution in [3.8, 4) is 0 Å². The van der Waals surface area contributed by atoms with Crippen molar-refractivity contribution in [2.24, 2.45) is 11.8 Å². The first kappa shape index (κ1) is 33.6. The largest absolute Gasteiger partial charge is 0.404 e. The second kappa shape index (κ2) is 16.0. The van der Waals surface area contributed by atoms with E-state index in [-0.39, 0.29) is 17.1 Å². The van der Waals surface area contributed by atoms with E-state index in [9.17, 15) is 9.59 Å². The molecule has 2 unspecified atom stereocenters. The van der Waals surface area contributed by atoms with Gasteiger partial charge in [0.15, 0.2) is 0 Å². The molecule has 2 rings (SSSR count). The first-order valence-corrected chi connectivity index (χ1v) is 16.9. The van der Waals surface area contributed by atoms with Gasteiger partial charge in [0.1, 0.15) is 12.1 Å². The van der Waals surface area contributed by atoms with Crippen LogP contribution in [0.5, 0.6) is 0 Å². The van der Waals surface area contributed by atoms with Crippen molar-refractivity contribution in [3.05, 3.63) is 84.0 Å². The van der Waals surface area contributed by atoms with E-state index in [1.165, 1.54) is 15.9 Å². The standard InChI is InChI=1S/C36H52O3Si/c1-28(2)35(38)23-22-29(3)16-15-17-30(4)26-32(27-31(5)24-25-37)39-40(36(6,7)8,33-18-11-9-12-19-33)34-20-13-10-14-21-34/h9-14,16,18-21,24-25,28,30,32H,15,17,22-23,26-27H2,1-8H3/b29-16+,31-24+. The van der Waals surface area contributed by atoms with E-state index in [1.54, 1.807) is 6.08 Å². The third kappa shape index (κ3) is 9.81. The molecule has 218 valence electrons. The number of hydrogen-bond acceptors (Lipinski definition) is 3. The topological polar surface area (TPSA) is 43.4 Å². The second-order valence-corrected chi connectivity index (χ2v) is 17.1. The minimum absolute atomic E-state index is 0.00811. The molecule has 2 atom stereocenters. The van der Waals surface area contributed by atoms with Gasteiger partial charge >= 0.3 is 0 Å². The number of carbonyl (C=O) groups is 2. The van der Waals surface area contributed by atoms with E-state index in [2.05, 4.69) is 101 Å². The Bertz CT molecular complexity index is 1070. The highest BCUT2D eigenvalue weighted by atomic mass is 28.4. The summed E-state index contributed by atoms with van der Waals surface area (Å²) < 4.78 is 7.51. The van der Waals surface area contributed by atoms with Crippen LogP contribution in [-0.4, -0.2) is 26.5 Å². The maximum atomic E-state index is 12.0. The van der Waals surface area contributed by atoms with E-state index < -0.39 is 8.32 Å². The van der Waals surface area contributed by atoms with Gasteiger partial charge in [-0.25, -0.2) is 0 Å². The maximum absolute atomic E-state index is 12.0. The molecule has 0 saturated heterocycles. The Kier molecular flexibility index (Phi) is 13.5. The van der Waals surface area contributed by atoms with Crippen molar-refractivity contribution in [2.45, 2.75) is 105 Å². The van der Waals surface area contributed by atoms with Gasteiger partial charge in [-0.15, -0.1) is 0 Å². The van der Waals surface area contributed by atoms with Crippen LogP contribution in [0.1, 0.15) is 93.9 Å². The lowest BCUT2D eigenvalue weighted by molar-refractivity contribution is -0.121. The zero-order valence-corrected chi connectivity index (χ0v) is 27.2. The van der Waals surface area contributed by atoms with Crippen molar-refractivity contribution in [1.82, 2.24) is 0 Å². The summed E-state index contributed by atoms with van der Waals surface area (Å²) in [6.07, 6.45) is 10.1. The predicted octanol–water partition coefficient (Wildman–Crippen LogP) is 8.22. The lowest BCUT2D eigenvalue weighted by atomic mass is 9.94. The third-order valence-electron chi connectivity index (χ3n) is 7.89. The van der Waals surface area contributed by atoms with E-state index >= 15 is 0 Å². The first-order valence-electron chi connectivity index (χ1n) is 15.0. The van der Waals surface area contributed by atoms with Crippen molar-refractivity contribution >= 4 is 30.8 Å². The van der Waals surface area contributed by atoms with Crippen LogP contribution >= 0.6 is 0 Å². The number of hydrogen-bond donors (Lipinski definition) is 0.